The van der Waals surface area contributed by atoms with E-state index in [1.807, 2.05) is 47.4 Å². The van der Waals surface area contributed by atoms with Gasteiger partial charge in [0.05, 0.1) is 13.2 Å². The normalized spacial score (nSPS) is 15.9. The van der Waals surface area contributed by atoms with Crippen molar-refractivity contribution in [1.29, 1.82) is 0 Å². The Hall–Kier alpha value is -3.11. The summed E-state index contributed by atoms with van der Waals surface area (Å²) in [5.74, 6) is 0.899. The van der Waals surface area contributed by atoms with Gasteiger partial charge in [-0.1, -0.05) is 42.5 Å². The topological polar surface area (TPSA) is 29.5 Å². The highest BCUT2D eigenvalue weighted by atomic mass is 32.1. The Morgan fingerprint density at radius 1 is 1.00 bits per heavy atom. The second-order valence-electron chi connectivity index (χ2n) is 7.29. The molecule has 0 bridgehead atoms. The quantitative estimate of drug-likeness (QED) is 0.442. The molecule has 0 spiro atoms. The van der Waals surface area contributed by atoms with Crippen LogP contribution in [-0.4, -0.2) is 24.5 Å². The number of carbonyl (C=O) groups is 1. The molecule has 1 aromatic heterocycles. The van der Waals surface area contributed by atoms with Crippen molar-refractivity contribution < 1.29 is 9.53 Å². The molecule has 0 aliphatic carbocycles. The van der Waals surface area contributed by atoms with Crippen LogP contribution >= 0.6 is 11.3 Å². The van der Waals surface area contributed by atoms with Crippen LogP contribution in [-0.2, 0) is 6.42 Å². The lowest BCUT2D eigenvalue weighted by atomic mass is 9.92. The summed E-state index contributed by atoms with van der Waals surface area (Å²) in [4.78, 5) is 17.0. The molecule has 4 heteroatoms. The van der Waals surface area contributed by atoms with E-state index in [0.717, 1.165) is 40.6 Å². The predicted octanol–water partition coefficient (Wildman–Crippen LogP) is 5.70. The fourth-order valence-electron chi connectivity index (χ4n) is 4.17. The van der Waals surface area contributed by atoms with Crippen molar-refractivity contribution in [3.8, 4) is 5.75 Å². The third-order valence-electron chi connectivity index (χ3n) is 5.65. The number of benzene rings is 3. The van der Waals surface area contributed by atoms with Crippen LogP contribution in [0.15, 0.2) is 78.2 Å². The minimum absolute atomic E-state index is 0.0742. The zero-order valence-electron chi connectivity index (χ0n) is 16.2. The maximum Gasteiger partial charge on any atom is 0.254 e. The number of thiophene rings is 1. The maximum absolute atomic E-state index is 13.6. The first kappa shape index (κ1) is 18.0. The Kier molecular flexibility index (Phi) is 4.57. The number of nitrogens with zero attached hydrogens (tertiary/aromatic N) is 1. The van der Waals surface area contributed by atoms with E-state index in [9.17, 15) is 4.79 Å². The number of amides is 1. The summed E-state index contributed by atoms with van der Waals surface area (Å²) in [6, 6.07) is 24.3. The number of hydrogen-bond acceptors (Lipinski definition) is 3. The van der Waals surface area contributed by atoms with Crippen LogP contribution in [0.2, 0.25) is 0 Å². The van der Waals surface area contributed by atoms with Crippen molar-refractivity contribution in [2.75, 3.05) is 13.7 Å². The highest BCUT2D eigenvalue weighted by Crippen LogP contribution is 2.39. The van der Waals surface area contributed by atoms with Gasteiger partial charge in [-0.25, -0.2) is 0 Å². The maximum atomic E-state index is 13.6. The standard InChI is InChI=1S/C25H21NO2S/c1-28-21-10-8-18(9-11-21)24-22-13-15-29-23(22)12-14-26(24)25(27)20-7-6-17-4-2-3-5-19(17)16-20/h2-11,13,15-16,24H,12,14H2,1H3/t24-/m0/s1. The minimum atomic E-state index is -0.0742. The number of ether oxygens (including phenoxy) is 1. The SMILES string of the molecule is COc1ccc([C@H]2c3ccsc3CCN2C(=O)c2ccc3ccccc3c2)cc1. The molecular formula is C25H21NO2S. The molecule has 0 saturated heterocycles. The van der Waals surface area contributed by atoms with Gasteiger partial charge in [-0.15, -0.1) is 11.3 Å². The molecule has 0 radical (unpaired) electrons. The number of rotatable bonds is 3. The molecule has 4 aromatic rings. The van der Waals surface area contributed by atoms with Gasteiger partial charge in [0.2, 0.25) is 0 Å². The average molecular weight is 400 g/mol. The van der Waals surface area contributed by atoms with Crippen LogP contribution in [0.3, 0.4) is 0 Å². The van der Waals surface area contributed by atoms with Gasteiger partial charge < -0.3 is 9.64 Å². The molecule has 3 aromatic carbocycles. The summed E-state index contributed by atoms with van der Waals surface area (Å²) in [7, 11) is 1.67. The average Bonchev–Trinajstić information content (AvgIpc) is 3.26. The Morgan fingerprint density at radius 3 is 2.59 bits per heavy atom. The fraction of sp³-hybridized carbons (Fsp3) is 0.160. The van der Waals surface area contributed by atoms with E-state index in [1.165, 1.54) is 10.4 Å². The molecule has 0 N–H and O–H groups in total. The zero-order chi connectivity index (χ0) is 19.8. The molecule has 29 heavy (non-hydrogen) atoms. The van der Waals surface area contributed by atoms with Gasteiger partial charge in [0, 0.05) is 17.0 Å². The van der Waals surface area contributed by atoms with Crippen molar-refractivity contribution in [1.82, 2.24) is 4.90 Å². The zero-order valence-corrected chi connectivity index (χ0v) is 17.0. The van der Waals surface area contributed by atoms with Crippen LogP contribution in [0.5, 0.6) is 5.75 Å². The van der Waals surface area contributed by atoms with Crippen molar-refractivity contribution in [3.63, 3.8) is 0 Å². The van der Waals surface area contributed by atoms with Crippen LogP contribution in [0.25, 0.3) is 10.8 Å². The minimum Gasteiger partial charge on any atom is -0.497 e. The van der Waals surface area contributed by atoms with Crippen molar-refractivity contribution in [2.24, 2.45) is 0 Å². The van der Waals surface area contributed by atoms with Crippen LogP contribution in [0.4, 0.5) is 0 Å². The molecule has 0 fully saturated rings. The Balaban J connectivity index is 1.56. The lowest BCUT2D eigenvalue weighted by molar-refractivity contribution is 0.0696. The monoisotopic (exact) mass is 399 g/mol. The summed E-state index contributed by atoms with van der Waals surface area (Å²) in [6.07, 6.45) is 0.902. The van der Waals surface area contributed by atoms with Gasteiger partial charge in [0.15, 0.2) is 0 Å². The Labute approximate surface area is 174 Å². The molecule has 0 saturated carbocycles. The second kappa shape index (κ2) is 7.37. The fourth-order valence-corrected chi connectivity index (χ4v) is 5.07. The molecule has 1 aliphatic rings. The van der Waals surface area contributed by atoms with Crippen LogP contribution in [0, 0.1) is 0 Å². The number of fused-ring (bicyclic) bond motifs is 2. The van der Waals surface area contributed by atoms with Gasteiger partial charge >= 0.3 is 0 Å². The molecule has 2 heterocycles. The molecule has 0 unspecified atom stereocenters. The first-order valence-electron chi connectivity index (χ1n) is 9.74. The van der Waals surface area contributed by atoms with Crippen molar-refractivity contribution >= 4 is 28.0 Å². The van der Waals surface area contributed by atoms with Crippen LogP contribution in [0.1, 0.15) is 32.4 Å². The largest absolute Gasteiger partial charge is 0.497 e. The van der Waals surface area contributed by atoms with Crippen molar-refractivity contribution in [3.05, 3.63) is 99.7 Å². The highest BCUT2D eigenvalue weighted by molar-refractivity contribution is 7.10. The van der Waals surface area contributed by atoms with Gasteiger partial charge in [-0.2, -0.15) is 0 Å². The first-order chi connectivity index (χ1) is 14.2. The van der Waals surface area contributed by atoms with E-state index in [4.69, 9.17) is 4.74 Å². The number of hydrogen-bond donors (Lipinski definition) is 0. The van der Waals surface area contributed by atoms with Crippen LogP contribution < -0.4 is 4.74 Å². The summed E-state index contributed by atoms with van der Waals surface area (Å²) >= 11 is 1.78. The van der Waals surface area contributed by atoms with Gasteiger partial charge in [-0.3, -0.25) is 4.79 Å². The van der Waals surface area contributed by atoms with E-state index >= 15 is 0 Å². The summed E-state index contributed by atoms with van der Waals surface area (Å²) in [5, 5.41) is 4.37. The molecule has 3 nitrogen and oxygen atoms in total. The second-order valence-corrected chi connectivity index (χ2v) is 8.29. The van der Waals surface area contributed by atoms with Gasteiger partial charge in [0.1, 0.15) is 5.75 Å². The lowest BCUT2D eigenvalue weighted by Gasteiger charge is -2.36. The molecule has 5 rings (SSSR count). The smallest absolute Gasteiger partial charge is 0.254 e. The Bertz CT molecular complexity index is 1180. The molecule has 1 amide bonds. The lowest BCUT2D eigenvalue weighted by Crippen LogP contribution is -2.40. The summed E-state index contributed by atoms with van der Waals surface area (Å²) < 4.78 is 5.32. The highest BCUT2D eigenvalue weighted by Gasteiger charge is 2.33. The van der Waals surface area contributed by atoms with E-state index in [2.05, 4.69) is 35.7 Å². The third-order valence-corrected chi connectivity index (χ3v) is 6.65. The first-order valence-corrected chi connectivity index (χ1v) is 10.6. The summed E-state index contributed by atoms with van der Waals surface area (Å²) in [6.45, 7) is 0.718. The molecule has 1 atom stereocenters. The number of carbonyl (C=O) groups excluding carboxylic acids is 1. The van der Waals surface area contributed by atoms with E-state index in [-0.39, 0.29) is 11.9 Å². The van der Waals surface area contributed by atoms with Gasteiger partial charge in [0.25, 0.3) is 5.91 Å². The molecule has 144 valence electrons. The molecule has 1 aliphatic heterocycles. The number of methoxy groups -OCH3 is 1. The predicted molar refractivity (Wildman–Crippen MR) is 118 cm³/mol. The summed E-state index contributed by atoms with van der Waals surface area (Å²) in [5.41, 5.74) is 3.08. The van der Waals surface area contributed by atoms with E-state index < -0.39 is 0 Å². The van der Waals surface area contributed by atoms with Crippen molar-refractivity contribution in [2.45, 2.75) is 12.5 Å². The van der Waals surface area contributed by atoms with E-state index in [1.54, 1.807) is 18.4 Å². The third kappa shape index (κ3) is 3.19. The van der Waals surface area contributed by atoms with E-state index in [0.29, 0.717) is 0 Å². The molecular weight excluding hydrogens is 378 g/mol. The van der Waals surface area contributed by atoms with Gasteiger partial charge in [-0.05, 0) is 64.0 Å². The Morgan fingerprint density at radius 2 is 1.79 bits per heavy atom.